The molecule has 8 nitrogen and oxygen atoms in total. The molecule has 1 rings (SSSR count). The maximum Gasteiger partial charge on any atom is 0.276 e. The van der Waals surface area contributed by atoms with E-state index >= 15 is 0 Å². The number of ether oxygens (including phenoxy) is 1. The van der Waals surface area contributed by atoms with Crippen LogP contribution in [0.2, 0.25) is 0 Å². The van der Waals surface area contributed by atoms with Crippen LogP contribution < -0.4 is 15.6 Å². The topological polar surface area (TPSA) is 111 Å². The van der Waals surface area contributed by atoms with E-state index in [1.165, 1.54) is 24.3 Å². The second-order valence-electron chi connectivity index (χ2n) is 5.29. The normalized spacial score (nSPS) is 10.6. The Morgan fingerprint density at radius 2 is 1.76 bits per heavy atom. The smallest absolute Gasteiger partial charge is 0.276 e. The van der Waals surface area contributed by atoms with Crippen molar-refractivity contribution in [3.8, 4) is 5.75 Å². The molecular formula is C13H17N3O5. The third-order valence-corrected chi connectivity index (χ3v) is 2.41. The van der Waals surface area contributed by atoms with Crippen molar-refractivity contribution in [3.63, 3.8) is 0 Å². The molecule has 1 aromatic carbocycles. The van der Waals surface area contributed by atoms with E-state index in [-0.39, 0.29) is 18.2 Å². The van der Waals surface area contributed by atoms with Crippen LogP contribution in [-0.4, -0.2) is 23.3 Å². The number of non-ortho nitro benzene ring substituents is 1. The number of amides is 2. The standard InChI is InChI=1S/C13H17N3O5/c1-13(2,3)12(18)15-14-11(17)8-21-10-6-4-9(5-7-10)16(19)20/h4-7H,8H2,1-3H3,(H,14,17)(H,15,18). The summed E-state index contributed by atoms with van der Waals surface area (Å²) in [6.07, 6.45) is 0. The highest BCUT2D eigenvalue weighted by molar-refractivity contribution is 5.85. The van der Waals surface area contributed by atoms with Gasteiger partial charge in [-0.25, -0.2) is 0 Å². The molecular weight excluding hydrogens is 278 g/mol. The van der Waals surface area contributed by atoms with Gasteiger partial charge in [0.25, 0.3) is 11.6 Å². The van der Waals surface area contributed by atoms with Crippen LogP contribution in [0.4, 0.5) is 5.69 Å². The number of benzene rings is 1. The van der Waals surface area contributed by atoms with Crippen LogP contribution in [0.3, 0.4) is 0 Å². The van der Waals surface area contributed by atoms with Gasteiger partial charge in [0.15, 0.2) is 6.61 Å². The van der Waals surface area contributed by atoms with Crippen molar-refractivity contribution in [2.24, 2.45) is 5.41 Å². The van der Waals surface area contributed by atoms with Crippen molar-refractivity contribution in [1.82, 2.24) is 10.9 Å². The predicted molar refractivity (Wildman–Crippen MR) is 74.3 cm³/mol. The number of nitrogens with zero attached hydrogens (tertiary/aromatic N) is 1. The first-order valence-corrected chi connectivity index (χ1v) is 6.16. The van der Waals surface area contributed by atoms with Crippen LogP contribution in [0.1, 0.15) is 20.8 Å². The lowest BCUT2D eigenvalue weighted by atomic mass is 9.96. The van der Waals surface area contributed by atoms with Crippen LogP contribution in [0.15, 0.2) is 24.3 Å². The van der Waals surface area contributed by atoms with E-state index in [9.17, 15) is 19.7 Å². The highest BCUT2D eigenvalue weighted by Crippen LogP contribution is 2.17. The second-order valence-corrected chi connectivity index (χ2v) is 5.29. The van der Waals surface area contributed by atoms with Gasteiger partial charge in [-0.15, -0.1) is 0 Å². The number of nitro groups is 1. The van der Waals surface area contributed by atoms with Gasteiger partial charge in [-0.3, -0.25) is 30.6 Å². The summed E-state index contributed by atoms with van der Waals surface area (Å²) >= 11 is 0. The molecule has 0 aromatic heterocycles. The zero-order valence-electron chi connectivity index (χ0n) is 12.0. The Labute approximate surface area is 121 Å². The van der Waals surface area contributed by atoms with Crippen molar-refractivity contribution < 1.29 is 19.2 Å². The van der Waals surface area contributed by atoms with Crippen molar-refractivity contribution in [1.29, 1.82) is 0 Å². The van der Waals surface area contributed by atoms with E-state index in [2.05, 4.69) is 10.9 Å². The van der Waals surface area contributed by atoms with Gasteiger partial charge in [0.1, 0.15) is 5.75 Å². The highest BCUT2D eigenvalue weighted by atomic mass is 16.6. The van der Waals surface area contributed by atoms with Gasteiger partial charge in [-0.2, -0.15) is 0 Å². The molecule has 0 aliphatic rings. The molecule has 0 bridgehead atoms. The van der Waals surface area contributed by atoms with E-state index in [0.717, 1.165) is 0 Å². The lowest BCUT2D eigenvalue weighted by Crippen LogP contribution is -2.48. The lowest BCUT2D eigenvalue weighted by Gasteiger charge is -2.17. The summed E-state index contributed by atoms with van der Waals surface area (Å²) in [5, 5.41) is 10.5. The molecule has 0 spiro atoms. The van der Waals surface area contributed by atoms with Crippen molar-refractivity contribution >= 4 is 17.5 Å². The summed E-state index contributed by atoms with van der Waals surface area (Å²) in [4.78, 5) is 32.9. The molecule has 2 N–H and O–H groups in total. The minimum atomic E-state index is -0.619. The lowest BCUT2D eigenvalue weighted by molar-refractivity contribution is -0.384. The number of hydrogen-bond acceptors (Lipinski definition) is 5. The number of nitro benzene ring substituents is 1. The van der Waals surface area contributed by atoms with Gasteiger partial charge >= 0.3 is 0 Å². The number of nitrogens with one attached hydrogen (secondary N) is 2. The SMILES string of the molecule is CC(C)(C)C(=O)NNC(=O)COc1ccc([N+](=O)[O-])cc1. The van der Waals surface area contributed by atoms with Crippen molar-refractivity contribution in [3.05, 3.63) is 34.4 Å². The van der Waals surface area contributed by atoms with Crippen LogP contribution in [-0.2, 0) is 9.59 Å². The summed E-state index contributed by atoms with van der Waals surface area (Å²) in [6, 6.07) is 5.32. The van der Waals surface area contributed by atoms with Gasteiger partial charge in [0.05, 0.1) is 4.92 Å². The third kappa shape index (κ3) is 5.47. The third-order valence-electron chi connectivity index (χ3n) is 2.41. The van der Waals surface area contributed by atoms with Crippen LogP contribution in [0.5, 0.6) is 5.75 Å². The molecule has 2 amide bonds. The number of carbonyl (C=O) groups is 2. The Morgan fingerprint density at radius 3 is 2.24 bits per heavy atom. The van der Waals surface area contributed by atoms with Crippen molar-refractivity contribution in [2.75, 3.05) is 6.61 Å². The van der Waals surface area contributed by atoms with E-state index in [1.807, 2.05) is 0 Å². The maximum absolute atomic E-state index is 11.5. The molecule has 0 radical (unpaired) electrons. The fraction of sp³-hybridized carbons (Fsp3) is 0.385. The molecule has 114 valence electrons. The monoisotopic (exact) mass is 295 g/mol. The van der Waals surface area contributed by atoms with Gasteiger partial charge in [-0.1, -0.05) is 20.8 Å². The van der Waals surface area contributed by atoms with Crippen LogP contribution in [0, 0.1) is 15.5 Å². The van der Waals surface area contributed by atoms with Gasteiger partial charge in [-0.05, 0) is 12.1 Å². The van der Waals surface area contributed by atoms with Gasteiger partial charge in [0.2, 0.25) is 5.91 Å². The highest BCUT2D eigenvalue weighted by Gasteiger charge is 2.21. The van der Waals surface area contributed by atoms with Gasteiger partial charge in [0, 0.05) is 17.5 Å². The molecule has 0 saturated carbocycles. The van der Waals surface area contributed by atoms with Crippen molar-refractivity contribution in [2.45, 2.75) is 20.8 Å². The Bertz CT molecular complexity index is 534. The molecule has 0 aliphatic carbocycles. The zero-order valence-corrected chi connectivity index (χ0v) is 12.0. The second kappa shape index (κ2) is 6.69. The van der Waals surface area contributed by atoms with Gasteiger partial charge < -0.3 is 4.74 Å². The molecule has 1 aromatic rings. The number of hydrogen-bond donors (Lipinski definition) is 2. The minimum Gasteiger partial charge on any atom is -0.484 e. The average Bonchev–Trinajstić information content (AvgIpc) is 2.41. The Morgan fingerprint density at radius 1 is 1.19 bits per heavy atom. The quantitative estimate of drug-likeness (QED) is 0.640. The van der Waals surface area contributed by atoms with Crippen LogP contribution in [0.25, 0.3) is 0 Å². The molecule has 0 atom stereocenters. The zero-order chi connectivity index (χ0) is 16.0. The Hall–Kier alpha value is -2.64. The molecule has 0 fully saturated rings. The average molecular weight is 295 g/mol. The van der Waals surface area contributed by atoms with E-state index in [1.54, 1.807) is 20.8 Å². The first kappa shape index (κ1) is 16.4. The number of hydrazine groups is 1. The summed E-state index contributed by atoms with van der Waals surface area (Å²) in [5.74, 6) is -0.546. The summed E-state index contributed by atoms with van der Waals surface area (Å²) in [5.41, 5.74) is 3.81. The Balaban J connectivity index is 2.39. The molecule has 21 heavy (non-hydrogen) atoms. The maximum atomic E-state index is 11.5. The summed E-state index contributed by atoms with van der Waals surface area (Å²) in [7, 11) is 0. The first-order chi connectivity index (χ1) is 9.70. The minimum absolute atomic E-state index is 0.0655. The summed E-state index contributed by atoms with van der Waals surface area (Å²) in [6.45, 7) is 4.81. The van der Waals surface area contributed by atoms with E-state index in [4.69, 9.17) is 4.74 Å². The largest absolute Gasteiger partial charge is 0.484 e. The fourth-order valence-corrected chi connectivity index (χ4v) is 1.16. The van der Waals surface area contributed by atoms with E-state index < -0.39 is 16.2 Å². The first-order valence-electron chi connectivity index (χ1n) is 6.16. The van der Waals surface area contributed by atoms with Crippen LogP contribution >= 0.6 is 0 Å². The Kier molecular flexibility index (Phi) is 5.23. The molecule has 8 heteroatoms. The summed E-state index contributed by atoms with van der Waals surface area (Å²) < 4.78 is 5.13. The van der Waals surface area contributed by atoms with E-state index in [0.29, 0.717) is 5.75 Å². The molecule has 0 saturated heterocycles. The number of rotatable bonds is 4. The molecule has 0 heterocycles. The predicted octanol–water partition coefficient (Wildman–Crippen LogP) is 1.17. The fourth-order valence-electron chi connectivity index (χ4n) is 1.16. The number of carbonyl (C=O) groups excluding carboxylic acids is 2. The molecule has 0 aliphatic heterocycles. The molecule has 0 unspecified atom stereocenters.